The third-order valence-corrected chi connectivity index (χ3v) is 3.77. The van der Waals surface area contributed by atoms with Gasteiger partial charge in [-0.3, -0.25) is 0 Å². The number of carboxylic acid groups (broad SMARTS) is 1. The summed E-state index contributed by atoms with van der Waals surface area (Å²) in [5.41, 5.74) is 2.61. The highest BCUT2D eigenvalue weighted by Crippen LogP contribution is 2.37. The number of hydrogen-bond donors (Lipinski definition) is 1. The Morgan fingerprint density at radius 1 is 1.41 bits per heavy atom. The van der Waals surface area contributed by atoms with Crippen molar-refractivity contribution in [1.29, 1.82) is 0 Å². The number of rotatable bonds is 3. The number of halogens is 1. The van der Waals surface area contributed by atoms with Crippen molar-refractivity contribution in [2.45, 2.75) is 20.8 Å². The third-order valence-electron chi connectivity index (χ3n) is 3.28. The van der Waals surface area contributed by atoms with Crippen LogP contribution in [0.3, 0.4) is 0 Å². The molecular formula is C18H19BrO3. The Morgan fingerprint density at radius 3 is 2.82 bits per heavy atom. The first-order valence-corrected chi connectivity index (χ1v) is 7.81. The lowest BCUT2D eigenvalue weighted by Crippen LogP contribution is -2.17. The van der Waals surface area contributed by atoms with Gasteiger partial charge in [0.15, 0.2) is 0 Å². The van der Waals surface area contributed by atoms with Gasteiger partial charge in [0.05, 0.1) is 6.61 Å². The maximum Gasteiger partial charge on any atom is 0.328 e. The van der Waals surface area contributed by atoms with Crippen LogP contribution in [0.15, 0.2) is 52.5 Å². The second-order valence-electron chi connectivity index (χ2n) is 6.08. The normalized spacial score (nSPS) is 17.5. The van der Waals surface area contributed by atoms with Gasteiger partial charge in [0.2, 0.25) is 0 Å². The van der Waals surface area contributed by atoms with Gasteiger partial charge in [0, 0.05) is 21.5 Å². The molecule has 1 heterocycles. The minimum Gasteiger partial charge on any atom is -0.492 e. The van der Waals surface area contributed by atoms with Crippen molar-refractivity contribution < 1.29 is 14.6 Å². The molecule has 4 heteroatoms. The van der Waals surface area contributed by atoms with Crippen molar-refractivity contribution in [3.8, 4) is 5.75 Å². The first-order chi connectivity index (χ1) is 10.3. The zero-order chi connectivity index (χ0) is 16.3. The molecule has 3 nitrogen and oxygen atoms in total. The van der Waals surface area contributed by atoms with E-state index in [0.29, 0.717) is 12.2 Å². The van der Waals surface area contributed by atoms with Gasteiger partial charge in [-0.2, -0.15) is 0 Å². The van der Waals surface area contributed by atoms with E-state index in [9.17, 15) is 4.79 Å². The molecule has 0 saturated heterocycles. The SMILES string of the molecule is CC(/C=C/C1=CC(C)(C)COc2ccc(Br)cc21)=C\C(=O)O. The van der Waals surface area contributed by atoms with Crippen molar-refractivity contribution in [1.82, 2.24) is 0 Å². The number of fused-ring (bicyclic) bond motifs is 1. The van der Waals surface area contributed by atoms with Crippen molar-refractivity contribution >= 4 is 27.5 Å². The molecule has 0 amide bonds. The van der Waals surface area contributed by atoms with Gasteiger partial charge in [0.1, 0.15) is 5.75 Å². The van der Waals surface area contributed by atoms with Crippen molar-refractivity contribution in [3.05, 3.63) is 58.1 Å². The smallest absolute Gasteiger partial charge is 0.328 e. The zero-order valence-corrected chi connectivity index (χ0v) is 14.5. The minimum absolute atomic E-state index is 0.102. The summed E-state index contributed by atoms with van der Waals surface area (Å²) in [6.07, 6.45) is 7.11. The molecule has 1 aromatic carbocycles. The van der Waals surface area contributed by atoms with Gasteiger partial charge >= 0.3 is 5.97 Å². The number of aliphatic carboxylic acids is 1. The first-order valence-electron chi connectivity index (χ1n) is 7.02. The highest BCUT2D eigenvalue weighted by Gasteiger charge is 2.22. The molecule has 0 radical (unpaired) electrons. The maximum absolute atomic E-state index is 10.7. The lowest BCUT2D eigenvalue weighted by atomic mass is 9.90. The van der Waals surface area contributed by atoms with Crippen LogP contribution in [0.1, 0.15) is 26.3 Å². The molecule has 0 fully saturated rings. The van der Waals surface area contributed by atoms with E-state index >= 15 is 0 Å². The Bertz CT molecular complexity index is 682. The molecule has 0 saturated carbocycles. The molecule has 0 bridgehead atoms. The van der Waals surface area contributed by atoms with E-state index in [1.165, 1.54) is 6.08 Å². The molecular weight excluding hydrogens is 344 g/mol. The van der Waals surface area contributed by atoms with Crippen LogP contribution < -0.4 is 4.74 Å². The monoisotopic (exact) mass is 362 g/mol. The van der Waals surface area contributed by atoms with Crippen molar-refractivity contribution in [2.75, 3.05) is 6.61 Å². The lowest BCUT2D eigenvalue weighted by Gasteiger charge is -2.18. The first kappa shape index (κ1) is 16.6. The molecule has 0 atom stereocenters. The Labute approximate surface area is 139 Å². The molecule has 1 N–H and O–H groups in total. The van der Waals surface area contributed by atoms with E-state index in [1.54, 1.807) is 6.92 Å². The summed E-state index contributed by atoms with van der Waals surface area (Å²) in [5.74, 6) is -0.103. The largest absolute Gasteiger partial charge is 0.492 e. The molecule has 2 rings (SSSR count). The van der Waals surface area contributed by atoms with E-state index < -0.39 is 5.97 Å². The van der Waals surface area contributed by atoms with Crippen LogP contribution in [0.25, 0.3) is 5.57 Å². The summed E-state index contributed by atoms with van der Waals surface area (Å²) >= 11 is 3.49. The number of benzene rings is 1. The van der Waals surface area contributed by atoms with Crippen LogP contribution in [0.2, 0.25) is 0 Å². The molecule has 1 aliphatic rings. The fourth-order valence-corrected chi connectivity index (χ4v) is 2.62. The summed E-state index contributed by atoms with van der Waals surface area (Å²) in [4.78, 5) is 10.7. The Morgan fingerprint density at radius 2 is 2.14 bits per heavy atom. The second kappa shape index (κ2) is 6.53. The number of allylic oxidation sites excluding steroid dienone is 4. The van der Waals surface area contributed by atoms with Gasteiger partial charge in [0.25, 0.3) is 0 Å². The van der Waals surface area contributed by atoms with Gasteiger partial charge in [-0.05, 0) is 36.3 Å². The van der Waals surface area contributed by atoms with Crippen LogP contribution in [-0.4, -0.2) is 17.7 Å². The Balaban J connectivity index is 2.46. The zero-order valence-electron chi connectivity index (χ0n) is 12.9. The van der Waals surface area contributed by atoms with E-state index in [-0.39, 0.29) is 5.41 Å². The van der Waals surface area contributed by atoms with Crippen LogP contribution in [0.4, 0.5) is 0 Å². The predicted molar refractivity (Wildman–Crippen MR) is 91.9 cm³/mol. The average molecular weight is 363 g/mol. The number of ether oxygens (including phenoxy) is 1. The average Bonchev–Trinajstić information content (AvgIpc) is 2.53. The number of carboxylic acids is 1. The summed E-state index contributed by atoms with van der Waals surface area (Å²) < 4.78 is 6.88. The summed E-state index contributed by atoms with van der Waals surface area (Å²) in [5, 5.41) is 8.79. The van der Waals surface area contributed by atoms with Crippen molar-refractivity contribution in [3.63, 3.8) is 0 Å². The molecule has 22 heavy (non-hydrogen) atoms. The van der Waals surface area contributed by atoms with Gasteiger partial charge in [-0.1, -0.05) is 48.0 Å². The van der Waals surface area contributed by atoms with E-state index in [4.69, 9.17) is 9.84 Å². The van der Waals surface area contributed by atoms with Gasteiger partial charge in [-0.25, -0.2) is 4.79 Å². The van der Waals surface area contributed by atoms with Gasteiger partial charge in [-0.15, -0.1) is 0 Å². The second-order valence-corrected chi connectivity index (χ2v) is 6.99. The van der Waals surface area contributed by atoms with E-state index in [1.807, 2.05) is 30.4 Å². The minimum atomic E-state index is -0.941. The summed E-state index contributed by atoms with van der Waals surface area (Å²) in [6, 6.07) is 5.92. The van der Waals surface area contributed by atoms with Crippen molar-refractivity contribution in [2.24, 2.45) is 5.41 Å². The molecule has 0 aromatic heterocycles. The standard InChI is InChI=1S/C18H19BrO3/c1-12(8-17(20)21)4-5-13-10-18(2,3)11-22-16-7-6-14(19)9-15(13)16/h4-10H,11H2,1-3H3,(H,20,21)/b5-4+,12-8+. The number of hydrogen-bond acceptors (Lipinski definition) is 2. The highest BCUT2D eigenvalue weighted by atomic mass is 79.9. The van der Waals surface area contributed by atoms with E-state index in [2.05, 4.69) is 35.9 Å². The number of carbonyl (C=O) groups is 1. The Kier molecular flexibility index (Phi) is 4.91. The Hall–Kier alpha value is -1.81. The topological polar surface area (TPSA) is 46.5 Å². The fourth-order valence-electron chi connectivity index (χ4n) is 2.26. The quantitative estimate of drug-likeness (QED) is 0.618. The molecule has 1 aliphatic heterocycles. The molecule has 0 aliphatic carbocycles. The lowest BCUT2D eigenvalue weighted by molar-refractivity contribution is -0.131. The third kappa shape index (κ3) is 4.34. The predicted octanol–water partition coefficient (Wildman–Crippen LogP) is 4.84. The van der Waals surface area contributed by atoms with E-state index in [0.717, 1.165) is 21.4 Å². The summed E-state index contributed by atoms with van der Waals surface area (Å²) in [7, 11) is 0. The fraction of sp³-hybridized carbons (Fsp3) is 0.278. The van der Waals surface area contributed by atoms with Crippen LogP contribution >= 0.6 is 15.9 Å². The summed E-state index contributed by atoms with van der Waals surface area (Å²) in [6.45, 7) is 6.59. The highest BCUT2D eigenvalue weighted by molar-refractivity contribution is 9.10. The molecule has 116 valence electrons. The van der Waals surface area contributed by atoms with Gasteiger partial charge < -0.3 is 9.84 Å². The maximum atomic E-state index is 10.7. The van der Waals surface area contributed by atoms with Crippen LogP contribution in [0.5, 0.6) is 5.75 Å². The van der Waals surface area contributed by atoms with Crippen LogP contribution in [0, 0.1) is 5.41 Å². The molecule has 0 unspecified atom stereocenters. The van der Waals surface area contributed by atoms with Crippen LogP contribution in [-0.2, 0) is 4.79 Å². The molecule has 1 aromatic rings. The molecule has 0 spiro atoms.